The van der Waals surface area contributed by atoms with Crippen LogP contribution in [0.15, 0.2) is 28.9 Å². The molecule has 1 atom stereocenters. The van der Waals surface area contributed by atoms with E-state index < -0.39 is 6.04 Å². The molecule has 0 radical (unpaired) electrons. The number of piperidine rings is 1. The van der Waals surface area contributed by atoms with Crippen LogP contribution in [0.3, 0.4) is 0 Å². The predicted octanol–water partition coefficient (Wildman–Crippen LogP) is 2.82. The number of fused-ring (bicyclic) bond motifs is 1. The largest absolute Gasteiger partial charge is 0.402 e. The molecule has 0 bridgehead atoms. The number of nitrogens with zero attached hydrogens (tertiary/aromatic N) is 4. The fourth-order valence-corrected chi connectivity index (χ4v) is 3.88. The van der Waals surface area contributed by atoms with Gasteiger partial charge in [0.15, 0.2) is 0 Å². The first-order valence-corrected chi connectivity index (χ1v) is 9.44. The molecular formula is C19H22N6O2. The van der Waals surface area contributed by atoms with Crippen LogP contribution < -0.4 is 5.32 Å². The van der Waals surface area contributed by atoms with E-state index in [9.17, 15) is 4.79 Å². The highest BCUT2D eigenvalue weighted by Gasteiger charge is 2.45. The summed E-state index contributed by atoms with van der Waals surface area (Å²) in [5.74, 6) is 0.462. The second-order valence-corrected chi connectivity index (χ2v) is 7.75. The van der Waals surface area contributed by atoms with Crippen molar-refractivity contribution in [3.8, 4) is 11.6 Å². The van der Waals surface area contributed by atoms with E-state index in [2.05, 4.69) is 25.5 Å². The number of hydrogen-bond acceptors (Lipinski definition) is 6. The van der Waals surface area contributed by atoms with Gasteiger partial charge in [-0.25, -0.2) is 0 Å². The highest BCUT2D eigenvalue weighted by molar-refractivity contribution is 5.84. The summed E-state index contributed by atoms with van der Waals surface area (Å²) in [6, 6.07) is 3.64. The third-order valence-electron chi connectivity index (χ3n) is 5.88. The maximum atomic E-state index is 12.7. The third-order valence-corrected chi connectivity index (χ3v) is 5.88. The molecule has 4 heterocycles. The average molecular weight is 366 g/mol. The number of aromatic nitrogens is 4. The van der Waals surface area contributed by atoms with Crippen LogP contribution in [-0.4, -0.2) is 50.1 Å². The molecule has 2 aliphatic rings. The zero-order valence-electron chi connectivity index (χ0n) is 15.2. The number of anilines is 1. The summed E-state index contributed by atoms with van der Waals surface area (Å²) in [7, 11) is 0. The van der Waals surface area contributed by atoms with Crippen LogP contribution in [-0.2, 0) is 4.79 Å². The number of pyridine rings is 1. The molecule has 3 aromatic rings. The highest BCUT2D eigenvalue weighted by atomic mass is 16.4. The van der Waals surface area contributed by atoms with Crippen LogP contribution in [0.25, 0.3) is 22.5 Å². The van der Waals surface area contributed by atoms with Crippen molar-refractivity contribution in [2.24, 2.45) is 5.41 Å². The van der Waals surface area contributed by atoms with Gasteiger partial charge in [0.1, 0.15) is 11.7 Å². The number of H-pyrrole nitrogens is 1. The van der Waals surface area contributed by atoms with Gasteiger partial charge in [0, 0.05) is 36.4 Å². The Hall–Kier alpha value is -2.90. The molecule has 2 fully saturated rings. The van der Waals surface area contributed by atoms with Crippen molar-refractivity contribution in [3.63, 3.8) is 0 Å². The Morgan fingerprint density at radius 1 is 1.30 bits per heavy atom. The van der Waals surface area contributed by atoms with Gasteiger partial charge in [-0.1, -0.05) is 5.10 Å². The minimum absolute atomic E-state index is 0.0851. The zero-order valence-corrected chi connectivity index (χ0v) is 15.2. The second kappa shape index (κ2) is 6.07. The van der Waals surface area contributed by atoms with E-state index in [-0.39, 0.29) is 11.9 Å². The lowest BCUT2D eigenvalue weighted by atomic mass is 9.93. The van der Waals surface area contributed by atoms with Crippen molar-refractivity contribution < 1.29 is 9.21 Å². The molecule has 1 amide bonds. The molecule has 5 rings (SSSR count). The normalized spacial score (nSPS) is 19.4. The lowest BCUT2D eigenvalue weighted by Gasteiger charge is -2.33. The SMILES string of the molecule is C[C@H](Nc1nnc(-c2cc3cnccc3[nH]2)o1)C(=O)N1CCC2(CC1)CC2. The van der Waals surface area contributed by atoms with Crippen molar-refractivity contribution in [1.82, 2.24) is 25.1 Å². The van der Waals surface area contributed by atoms with Crippen molar-refractivity contribution in [2.45, 2.75) is 38.6 Å². The monoisotopic (exact) mass is 366 g/mol. The van der Waals surface area contributed by atoms with E-state index in [0.29, 0.717) is 11.3 Å². The fourth-order valence-electron chi connectivity index (χ4n) is 3.88. The second-order valence-electron chi connectivity index (χ2n) is 7.75. The first-order valence-electron chi connectivity index (χ1n) is 9.44. The Balaban J connectivity index is 1.25. The summed E-state index contributed by atoms with van der Waals surface area (Å²) in [5.41, 5.74) is 2.24. The number of nitrogens with one attached hydrogen (secondary N) is 2. The van der Waals surface area contributed by atoms with Gasteiger partial charge in [0.25, 0.3) is 5.89 Å². The van der Waals surface area contributed by atoms with Crippen LogP contribution in [0.5, 0.6) is 0 Å². The fraction of sp³-hybridized carbons (Fsp3) is 0.474. The lowest BCUT2D eigenvalue weighted by molar-refractivity contribution is -0.133. The van der Waals surface area contributed by atoms with Crippen LogP contribution in [0.1, 0.15) is 32.6 Å². The number of carbonyl (C=O) groups excluding carboxylic acids is 1. The summed E-state index contributed by atoms with van der Waals surface area (Å²) >= 11 is 0. The molecule has 0 unspecified atom stereocenters. The molecule has 8 nitrogen and oxygen atoms in total. The molecule has 0 aromatic carbocycles. The topological polar surface area (TPSA) is 99.9 Å². The Bertz CT molecular complexity index is 946. The van der Waals surface area contributed by atoms with E-state index in [0.717, 1.165) is 42.5 Å². The zero-order chi connectivity index (χ0) is 18.4. The van der Waals surface area contributed by atoms with E-state index >= 15 is 0 Å². The number of amides is 1. The summed E-state index contributed by atoms with van der Waals surface area (Å²) in [5, 5.41) is 12.1. The number of carbonyl (C=O) groups is 1. The van der Waals surface area contributed by atoms with Crippen LogP contribution in [0, 0.1) is 5.41 Å². The molecule has 1 aliphatic carbocycles. The maximum absolute atomic E-state index is 12.7. The molecule has 1 saturated carbocycles. The highest BCUT2D eigenvalue weighted by Crippen LogP contribution is 2.53. The number of hydrogen-bond donors (Lipinski definition) is 2. The number of likely N-dealkylation sites (tertiary alicyclic amines) is 1. The Labute approximate surface area is 156 Å². The van der Waals surface area contributed by atoms with Gasteiger partial charge in [-0.05, 0) is 50.2 Å². The Morgan fingerprint density at radius 2 is 2.11 bits per heavy atom. The standard InChI is InChI=1S/C19H22N6O2/c1-12(17(26)25-8-5-19(3-4-19)6-9-25)21-18-24-23-16(27-18)15-10-13-11-20-7-2-14(13)22-15/h2,7,10-12,22H,3-6,8-9H2,1H3,(H,21,24)/t12-/m0/s1. The van der Waals surface area contributed by atoms with Gasteiger partial charge in [-0.2, -0.15) is 0 Å². The van der Waals surface area contributed by atoms with Crippen molar-refractivity contribution in [1.29, 1.82) is 0 Å². The van der Waals surface area contributed by atoms with E-state index in [1.807, 2.05) is 24.0 Å². The van der Waals surface area contributed by atoms with Gasteiger partial charge < -0.3 is 19.6 Å². The van der Waals surface area contributed by atoms with Crippen LogP contribution >= 0.6 is 0 Å². The first kappa shape index (κ1) is 16.3. The number of rotatable bonds is 4. The predicted molar refractivity (Wildman–Crippen MR) is 100.0 cm³/mol. The molecule has 1 saturated heterocycles. The van der Waals surface area contributed by atoms with Gasteiger partial charge in [-0.15, -0.1) is 5.10 Å². The summed E-state index contributed by atoms with van der Waals surface area (Å²) in [6.45, 7) is 3.54. The summed E-state index contributed by atoms with van der Waals surface area (Å²) in [6.07, 6.45) is 8.42. The molecule has 140 valence electrons. The van der Waals surface area contributed by atoms with Crippen LogP contribution in [0.4, 0.5) is 6.01 Å². The molecule has 1 spiro atoms. The first-order chi connectivity index (χ1) is 13.1. The smallest absolute Gasteiger partial charge is 0.316 e. The Morgan fingerprint density at radius 3 is 2.85 bits per heavy atom. The minimum atomic E-state index is -0.404. The van der Waals surface area contributed by atoms with Gasteiger partial charge in [0.2, 0.25) is 5.91 Å². The summed E-state index contributed by atoms with van der Waals surface area (Å²) < 4.78 is 5.69. The quantitative estimate of drug-likeness (QED) is 0.736. The van der Waals surface area contributed by atoms with Crippen molar-refractivity contribution >= 4 is 22.8 Å². The Kier molecular flexibility index (Phi) is 3.66. The molecular weight excluding hydrogens is 344 g/mol. The molecule has 1 aliphatic heterocycles. The molecule has 3 aromatic heterocycles. The van der Waals surface area contributed by atoms with Gasteiger partial charge >= 0.3 is 6.01 Å². The number of aromatic amines is 1. The van der Waals surface area contributed by atoms with Gasteiger partial charge in [-0.3, -0.25) is 9.78 Å². The van der Waals surface area contributed by atoms with E-state index in [1.165, 1.54) is 12.8 Å². The van der Waals surface area contributed by atoms with Crippen molar-refractivity contribution in [2.75, 3.05) is 18.4 Å². The minimum Gasteiger partial charge on any atom is -0.402 e. The molecule has 2 N–H and O–H groups in total. The van der Waals surface area contributed by atoms with Crippen molar-refractivity contribution in [3.05, 3.63) is 24.5 Å². The van der Waals surface area contributed by atoms with Crippen LogP contribution in [0.2, 0.25) is 0 Å². The maximum Gasteiger partial charge on any atom is 0.316 e. The third kappa shape index (κ3) is 3.05. The van der Waals surface area contributed by atoms with E-state index in [4.69, 9.17) is 4.42 Å². The summed E-state index contributed by atoms with van der Waals surface area (Å²) in [4.78, 5) is 22.0. The molecule has 8 heteroatoms. The average Bonchev–Trinajstić information content (AvgIpc) is 3.10. The van der Waals surface area contributed by atoms with E-state index in [1.54, 1.807) is 12.4 Å². The van der Waals surface area contributed by atoms with Gasteiger partial charge in [0.05, 0.1) is 0 Å². The lowest BCUT2D eigenvalue weighted by Crippen LogP contribution is -2.45. The molecule has 27 heavy (non-hydrogen) atoms.